The van der Waals surface area contributed by atoms with Crippen LogP contribution in [0, 0.1) is 0 Å². The molecule has 2 heterocycles. The van der Waals surface area contributed by atoms with Crippen molar-refractivity contribution in [1.29, 1.82) is 0 Å². The third kappa shape index (κ3) is 7.94. The minimum Gasteiger partial charge on any atom is -0.726 e. The molecule has 21 heteroatoms. The molecule has 2 aliphatic heterocycles. The van der Waals surface area contributed by atoms with E-state index >= 15 is 0 Å². The molecule has 0 aliphatic carbocycles. The molecule has 35 heavy (non-hydrogen) atoms. The minimum absolute atomic E-state index is 0.904. The Morgan fingerprint density at radius 1 is 0.943 bits per heavy atom. The zero-order chi connectivity index (χ0) is 26.9. The Morgan fingerprint density at radius 3 is 2.03 bits per heavy atom. The lowest BCUT2D eigenvalue weighted by molar-refractivity contribution is -0.362. The summed E-state index contributed by atoms with van der Waals surface area (Å²) in [5, 5.41) is 53.3. The number of amides is 1. The second-order valence-corrected chi connectivity index (χ2v) is 9.33. The van der Waals surface area contributed by atoms with Crippen LogP contribution in [0.2, 0.25) is 0 Å². The van der Waals surface area contributed by atoms with Crippen LogP contribution in [0.3, 0.4) is 0 Å². The summed E-state index contributed by atoms with van der Waals surface area (Å²) in [7, 11) is -11.1. The normalized spacial score (nSPS) is 38.6. The lowest BCUT2D eigenvalue weighted by Crippen LogP contribution is -2.69. The van der Waals surface area contributed by atoms with Gasteiger partial charge in [-0.2, -0.15) is 0 Å². The molecule has 0 aromatic heterocycles. The summed E-state index contributed by atoms with van der Waals surface area (Å²) in [6.45, 7) is -0.450. The van der Waals surface area contributed by atoms with E-state index in [1.165, 1.54) is 0 Å². The first-order valence-electron chi connectivity index (χ1n) is 9.32. The Hall–Kier alpha value is -1.60. The molecular weight excluding hydrogens is 534 g/mol. The SMILES string of the molecule is CC(=O)N[C@@H]1[C@@H](O[C@@H]2O[C@H](C(=O)[O-])[C@@H](O)[C@H](O)[C@H]2O)[C@@H](OS(=O)(=O)[O-])[C@@H](COS(=O)(=O)[O-])O[C@H]1O. The first kappa shape index (κ1) is 29.6. The van der Waals surface area contributed by atoms with Gasteiger partial charge in [-0.1, -0.05) is 0 Å². The standard InChI is InChI=1S/C14H23NO18S2/c1-3(16)15-5-10(31-14-8(19)6(17)7(18)11(32-14)12(20)21)9(33-35(26,27)28)4(30-13(5)22)2-29-34(23,24)25/h4-11,13-14,17-19,22H,2H2,1H3,(H,15,16)(H,20,21)(H,23,24,25)(H,26,27,28)/p-3/t4-,5-,6+,7+,8-,9+,10-,11+,13-,14-/m1/s1. The molecule has 2 saturated heterocycles. The summed E-state index contributed by atoms with van der Waals surface area (Å²) < 4.78 is 89.5. The lowest BCUT2D eigenvalue weighted by Gasteiger charge is -2.47. The van der Waals surface area contributed by atoms with Gasteiger partial charge in [-0.15, -0.1) is 0 Å². The van der Waals surface area contributed by atoms with E-state index in [-0.39, 0.29) is 0 Å². The highest BCUT2D eigenvalue weighted by Gasteiger charge is 2.53. The predicted octanol–water partition coefficient (Wildman–Crippen LogP) is -7.53. The van der Waals surface area contributed by atoms with Gasteiger partial charge in [-0.05, 0) is 0 Å². The minimum atomic E-state index is -5.70. The maximum Gasteiger partial charge on any atom is 0.218 e. The van der Waals surface area contributed by atoms with Gasteiger partial charge in [0.25, 0.3) is 0 Å². The van der Waals surface area contributed by atoms with Crippen LogP contribution in [-0.4, -0.2) is 126 Å². The number of hydrogen-bond donors (Lipinski definition) is 5. The fraction of sp³-hybridized carbons (Fsp3) is 0.857. The number of hydrogen-bond acceptors (Lipinski definition) is 18. The number of carboxylic acids is 1. The molecule has 5 N–H and O–H groups in total. The van der Waals surface area contributed by atoms with Crippen molar-refractivity contribution in [2.45, 2.75) is 68.3 Å². The molecule has 10 atom stereocenters. The van der Waals surface area contributed by atoms with Gasteiger partial charge in [0, 0.05) is 6.92 Å². The van der Waals surface area contributed by atoms with Crippen molar-refractivity contribution in [3.8, 4) is 0 Å². The Balaban J connectivity index is 2.48. The molecule has 0 aromatic rings. The van der Waals surface area contributed by atoms with Gasteiger partial charge in [0.15, 0.2) is 12.6 Å². The smallest absolute Gasteiger partial charge is 0.218 e. The van der Waals surface area contributed by atoms with Crippen molar-refractivity contribution < 1.29 is 83.6 Å². The molecule has 2 fully saturated rings. The van der Waals surface area contributed by atoms with E-state index in [1.54, 1.807) is 0 Å². The summed E-state index contributed by atoms with van der Waals surface area (Å²) in [6, 6.07) is -1.87. The third-order valence-corrected chi connectivity index (χ3v) is 5.62. The average Bonchev–Trinajstić information content (AvgIpc) is 2.69. The fourth-order valence-electron chi connectivity index (χ4n) is 3.32. The van der Waals surface area contributed by atoms with Crippen molar-refractivity contribution >= 4 is 32.7 Å². The zero-order valence-electron chi connectivity index (χ0n) is 17.3. The van der Waals surface area contributed by atoms with Crippen molar-refractivity contribution in [2.24, 2.45) is 0 Å². The first-order valence-corrected chi connectivity index (χ1v) is 12.0. The molecule has 1 amide bonds. The van der Waals surface area contributed by atoms with Crippen LogP contribution in [0.25, 0.3) is 0 Å². The van der Waals surface area contributed by atoms with Gasteiger partial charge < -0.3 is 59.0 Å². The molecule has 2 rings (SSSR count). The van der Waals surface area contributed by atoms with E-state index in [9.17, 15) is 61.1 Å². The van der Waals surface area contributed by atoms with E-state index in [0.29, 0.717) is 0 Å². The number of carboxylic acid groups (broad SMARTS) is 1. The topological polar surface area (TPSA) is 311 Å². The van der Waals surface area contributed by atoms with Crippen LogP contribution in [-0.2, 0) is 53.0 Å². The maximum atomic E-state index is 11.6. The van der Waals surface area contributed by atoms with Gasteiger partial charge >= 0.3 is 0 Å². The summed E-state index contributed by atoms with van der Waals surface area (Å²) >= 11 is 0. The van der Waals surface area contributed by atoms with Crippen molar-refractivity contribution in [1.82, 2.24) is 5.32 Å². The molecule has 0 saturated carbocycles. The number of aliphatic hydroxyl groups excluding tert-OH is 4. The second-order valence-electron chi connectivity index (χ2n) is 7.27. The van der Waals surface area contributed by atoms with E-state index in [2.05, 4.69) is 8.37 Å². The summed E-state index contributed by atoms with van der Waals surface area (Å²) in [5.74, 6) is -3.00. The molecule has 0 bridgehead atoms. The van der Waals surface area contributed by atoms with Gasteiger partial charge in [0.05, 0.1) is 12.6 Å². The second kappa shape index (κ2) is 11.2. The van der Waals surface area contributed by atoms with Crippen LogP contribution < -0.4 is 10.4 Å². The Morgan fingerprint density at radius 2 is 1.54 bits per heavy atom. The highest BCUT2D eigenvalue weighted by molar-refractivity contribution is 7.81. The van der Waals surface area contributed by atoms with E-state index in [4.69, 9.17) is 14.2 Å². The van der Waals surface area contributed by atoms with Crippen LogP contribution in [0.1, 0.15) is 6.92 Å². The van der Waals surface area contributed by atoms with Crippen molar-refractivity contribution in [3.05, 3.63) is 0 Å². The monoisotopic (exact) mass is 554 g/mol. The van der Waals surface area contributed by atoms with Crippen LogP contribution in [0.4, 0.5) is 0 Å². The average molecular weight is 554 g/mol. The van der Waals surface area contributed by atoms with E-state index in [0.717, 1.165) is 6.92 Å². The van der Waals surface area contributed by atoms with E-state index < -0.39 is 101 Å². The summed E-state index contributed by atoms with van der Waals surface area (Å²) in [6.07, 6.45) is -20.1. The van der Waals surface area contributed by atoms with E-state index in [1.807, 2.05) is 5.32 Å². The Kier molecular flexibility index (Phi) is 9.48. The largest absolute Gasteiger partial charge is 0.726 e. The molecule has 0 spiro atoms. The number of aliphatic carboxylic acids is 1. The molecular formula is C14H20NO18S2-3. The number of nitrogens with one attached hydrogen (secondary N) is 1. The number of aliphatic hydroxyl groups is 4. The number of carbonyl (C=O) groups is 2. The number of ether oxygens (including phenoxy) is 3. The van der Waals surface area contributed by atoms with Crippen molar-refractivity contribution in [2.75, 3.05) is 6.61 Å². The van der Waals surface area contributed by atoms with Gasteiger partial charge in [-0.25, -0.2) is 16.8 Å². The number of carbonyl (C=O) groups excluding carboxylic acids is 2. The zero-order valence-corrected chi connectivity index (χ0v) is 18.9. The van der Waals surface area contributed by atoms with Gasteiger partial charge in [-0.3, -0.25) is 13.2 Å². The van der Waals surface area contributed by atoms with Crippen LogP contribution in [0.5, 0.6) is 0 Å². The maximum absolute atomic E-state index is 11.6. The molecule has 0 radical (unpaired) electrons. The van der Waals surface area contributed by atoms with Gasteiger partial charge in [0.1, 0.15) is 48.8 Å². The lowest BCUT2D eigenvalue weighted by atomic mass is 9.95. The quantitative estimate of drug-likeness (QED) is 0.130. The highest BCUT2D eigenvalue weighted by atomic mass is 32.3. The first-order chi connectivity index (χ1) is 15.9. The highest BCUT2D eigenvalue weighted by Crippen LogP contribution is 2.31. The molecule has 0 unspecified atom stereocenters. The molecule has 19 nitrogen and oxygen atoms in total. The van der Waals surface area contributed by atoms with Crippen LogP contribution >= 0.6 is 0 Å². The Bertz CT molecular complexity index is 985. The van der Waals surface area contributed by atoms with Gasteiger partial charge in [0.2, 0.25) is 26.7 Å². The molecule has 204 valence electrons. The Labute approximate surface area is 197 Å². The third-order valence-electron chi connectivity index (χ3n) is 4.73. The number of rotatable bonds is 9. The summed E-state index contributed by atoms with van der Waals surface area (Å²) in [5.41, 5.74) is 0. The molecule has 0 aromatic carbocycles. The van der Waals surface area contributed by atoms with Crippen molar-refractivity contribution in [3.63, 3.8) is 0 Å². The van der Waals surface area contributed by atoms with Crippen LogP contribution in [0.15, 0.2) is 0 Å². The fourth-order valence-corrected chi connectivity index (χ4v) is 4.12. The predicted molar refractivity (Wildman–Crippen MR) is 95.3 cm³/mol. The summed E-state index contributed by atoms with van der Waals surface area (Å²) in [4.78, 5) is 22.8. The molecule has 2 aliphatic rings.